The van der Waals surface area contributed by atoms with Gasteiger partial charge in [0, 0.05) is 23.0 Å². The summed E-state index contributed by atoms with van der Waals surface area (Å²) in [7, 11) is 0. The third-order valence-corrected chi connectivity index (χ3v) is 6.57. The van der Waals surface area contributed by atoms with E-state index in [1.165, 1.54) is 5.56 Å². The van der Waals surface area contributed by atoms with Gasteiger partial charge >= 0.3 is 0 Å². The zero-order valence-corrected chi connectivity index (χ0v) is 20.7. The summed E-state index contributed by atoms with van der Waals surface area (Å²) in [4.78, 5) is 31.4. The van der Waals surface area contributed by atoms with Crippen molar-refractivity contribution in [3.63, 3.8) is 0 Å². The number of hydrogen-bond donors (Lipinski definition) is 0. The molecule has 0 aliphatic rings. The van der Waals surface area contributed by atoms with Crippen molar-refractivity contribution in [1.82, 2.24) is 9.80 Å². The van der Waals surface area contributed by atoms with E-state index in [1.54, 1.807) is 16.2 Å². The molecule has 2 aromatic carbocycles. The number of thiophene rings is 1. The van der Waals surface area contributed by atoms with Gasteiger partial charge in [-0.2, -0.15) is 0 Å². The van der Waals surface area contributed by atoms with Crippen molar-refractivity contribution >= 4 is 23.2 Å². The Morgan fingerprint density at radius 2 is 1.61 bits per heavy atom. The molecular formula is C28H34N2O2S. The van der Waals surface area contributed by atoms with Crippen LogP contribution in [-0.4, -0.2) is 34.2 Å². The largest absolute Gasteiger partial charge is 0.332 e. The molecule has 174 valence electrons. The molecule has 3 rings (SSSR count). The summed E-state index contributed by atoms with van der Waals surface area (Å²) in [6, 6.07) is 21.8. The van der Waals surface area contributed by atoms with E-state index in [0.717, 1.165) is 29.7 Å². The van der Waals surface area contributed by atoms with Crippen molar-refractivity contribution in [2.24, 2.45) is 0 Å². The predicted molar refractivity (Wildman–Crippen MR) is 136 cm³/mol. The van der Waals surface area contributed by atoms with Crippen molar-refractivity contribution in [3.05, 3.63) is 93.7 Å². The highest BCUT2D eigenvalue weighted by molar-refractivity contribution is 7.09. The van der Waals surface area contributed by atoms with Gasteiger partial charge in [0.1, 0.15) is 6.54 Å². The lowest BCUT2D eigenvalue weighted by Crippen LogP contribution is -2.45. The molecular weight excluding hydrogens is 428 g/mol. The Hall–Kier alpha value is -2.92. The number of carbonyl (C=O) groups excluding carboxylic acids is 2. The summed E-state index contributed by atoms with van der Waals surface area (Å²) < 4.78 is 0. The van der Waals surface area contributed by atoms with Crippen LogP contribution in [-0.2, 0) is 24.3 Å². The molecule has 0 N–H and O–H groups in total. The van der Waals surface area contributed by atoms with Gasteiger partial charge in [-0.3, -0.25) is 9.59 Å². The smallest absolute Gasteiger partial charge is 0.254 e. The second kappa shape index (κ2) is 12.4. The third-order valence-electron chi connectivity index (χ3n) is 5.71. The number of aryl methyl sites for hydroxylation is 1. The first-order valence-corrected chi connectivity index (χ1v) is 12.6. The monoisotopic (exact) mass is 462 g/mol. The number of nitrogens with zero attached hydrogens (tertiary/aromatic N) is 2. The van der Waals surface area contributed by atoms with Gasteiger partial charge in [0.25, 0.3) is 5.91 Å². The van der Waals surface area contributed by atoms with Crippen LogP contribution in [0.1, 0.15) is 60.0 Å². The first kappa shape index (κ1) is 24.7. The number of amides is 2. The molecule has 1 heterocycles. The van der Waals surface area contributed by atoms with E-state index in [-0.39, 0.29) is 24.4 Å². The Morgan fingerprint density at radius 1 is 0.879 bits per heavy atom. The Bertz CT molecular complexity index is 998. The summed E-state index contributed by atoms with van der Waals surface area (Å²) in [5, 5.41) is 2.02. The fourth-order valence-electron chi connectivity index (χ4n) is 3.72. The second-order valence-corrected chi connectivity index (χ2v) is 9.67. The minimum atomic E-state index is -0.101. The lowest BCUT2D eigenvalue weighted by molar-refractivity contribution is -0.133. The normalized spacial score (nSPS) is 10.9. The van der Waals surface area contributed by atoms with Crippen LogP contribution in [0.5, 0.6) is 0 Å². The maximum Gasteiger partial charge on any atom is 0.254 e. The molecule has 0 saturated heterocycles. The van der Waals surface area contributed by atoms with Crippen LogP contribution in [0.25, 0.3) is 0 Å². The fourth-order valence-corrected chi connectivity index (χ4v) is 4.44. The van der Waals surface area contributed by atoms with Gasteiger partial charge in [0.15, 0.2) is 0 Å². The molecule has 0 radical (unpaired) electrons. The summed E-state index contributed by atoms with van der Waals surface area (Å²) in [5.41, 5.74) is 2.95. The molecule has 0 aliphatic heterocycles. The van der Waals surface area contributed by atoms with E-state index >= 15 is 0 Å². The molecule has 0 saturated carbocycles. The standard InChI is InChI=1S/C28H34N2O2S/c1-4-5-10-23-14-16-25(17-15-23)28(32)30(22(2)3)21-27(31)29(20-26-13-9-18-33-26)19-24-11-7-6-8-12-24/h6-9,11-18,22H,4-5,10,19-21H2,1-3H3. The molecule has 3 aromatic rings. The van der Waals surface area contributed by atoms with Gasteiger partial charge in [-0.05, 0) is 61.4 Å². The molecule has 0 spiro atoms. The van der Waals surface area contributed by atoms with Crippen LogP contribution in [0.15, 0.2) is 72.1 Å². The van der Waals surface area contributed by atoms with Crippen molar-refractivity contribution in [2.75, 3.05) is 6.54 Å². The lowest BCUT2D eigenvalue weighted by Gasteiger charge is -2.30. The van der Waals surface area contributed by atoms with Gasteiger partial charge in [-0.1, -0.05) is 61.9 Å². The highest BCUT2D eigenvalue weighted by atomic mass is 32.1. The summed E-state index contributed by atoms with van der Waals surface area (Å²) in [6.45, 7) is 7.21. The van der Waals surface area contributed by atoms with Crippen LogP contribution in [0, 0.1) is 0 Å². The second-order valence-electron chi connectivity index (χ2n) is 8.64. The fraction of sp³-hybridized carbons (Fsp3) is 0.357. The SMILES string of the molecule is CCCCc1ccc(C(=O)N(CC(=O)N(Cc2ccccc2)Cc2cccs2)C(C)C)cc1. The topological polar surface area (TPSA) is 40.6 Å². The first-order valence-electron chi connectivity index (χ1n) is 11.7. The quantitative estimate of drug-likeness (QED) is 0.342. The molecule has 0 atom stereocenters. The summed E-state index contributed by atoms with van der Waals surface area (Å²) in [5.74, 6) is -0.148. The van der Waals surface area contributed by atoms with Crippen LogP contribution >= 0.6 is 11.3 Å². The van der Waals surface area contributed by atoms with Crippen LogP contribution in [0.2, 0.25) is 0 Å². The molecule has 2 amide bonds. The Morgan fingerprint density at radius 3 is 2.21 bits per heavy atom. The predicted octanol–water partition coefficient (Wildman–Crippen LogP) is 6.17. The van der Waals surface area contributed by atoms with Crippen LogP contribution in [0.3, 0.4) is 0 Å². The molecule has 0 bridgehead atoms. The van der Waals surface area contributed by atoms with Crippen molar-refractivity contribution in [3.8, 4) is 0 Å². The van der Waals surface area contributed by atoms with Gasteiger partial charge in [-0.25, -0.2) is 0 Å². The van der Waals surface area contributed by atoms with E-state index in [4.69, 9.17) is 0 Å². The highest BCUT2D eigenvalue weighted by Crippen LogP contribution is 2.17. The minimum absolute atomic E-state index is 0.0473. The molecule has 4 nitrogen and oxygen atoms in total. The van der Waals surface area contributed by atoms with Gasteiger partial charge in [0.05, 0.1) is 6.54 Å². The summed E-state index contributed by atoms with van der Waals surface area (Å²) in [6.07, 6.45) is 3.31. The number of unbranched alkanes of at least 4 members (excludes halogenated alkanes) is 1. The maximum absolute atomic E-state index is 13.4. The number of hydrogen-bond acceptors (Lipinski definition) is 3. The average molecular weight is 463 g/mol. The zero-order chi connectivity index (χ0) is 23.6. The van der Waals surface area contributed by atoms with Crippen LogP contribution in [0.4, 0.5) is 0 Å². The highest BCUT2D eigenvalue weighted by Gasteiger charge is 2.25. The van der Waals surface area contributed by atoms with E-state index in [9.17, 15) is 9.59 Å². The Kier molecular flexibility index (Phi) is 9.25. The van der Waals surface area contributed by atoms with Gasteiger partial charge in [-0.15, -0.1) is 11.3 Å². The van der Waals surface area contributed by atoms with Gasteiger partial charge in [0.2, 0.25) is 5.91 Å². The molecule has 0 fully saturated rings. The first-order chi connectivity index (χ1) is 16.0. The van der Waals surface area contributed by atoms with Crippen molar-refractivity contribution < 1.29 is 9.59 Å². The Balaban J connectivity index is 1.74. The minimum Gasteiger partial charge on any atom is -0.332 e. The molecule has 5 heteroatoms. The van der Waals surface area contributed by atoms with E-state index in [1.807, 2.05) is 90.9 Å². The Labute approximate surface area is 201 Å². The van der Waals surface area contributed by atoms with Gasteiger partial charge < -0.3 is 9.80 Å². The maximum atomic E-state index is 13.4. The van der Waals surface area contributed by atoms with E-state index in [0.29, 0.717) is 18.7 Å². The number of rotatable bonds is 11. The average Bonchev–Trinajstić information content (AvgIpc) is 3.34. The third kappa shape index (κ3) is 7.29. The van der Waals surface area contributed by atoms with E-state index in [2.05, 4.69) is 6.92 Å². The molecule has 0 unspecified atom stereocenters. The van der Waals surface area contributed by atoms with Crippen LogP contribution < -0.4 is 0 Å². The van der Waals surface area contributed by atoms with Crippen molar-refractivity contribution in [1.29, 1.82) is 0 Å². The number of carbonyl (C=O) groups is 2. The number of benzene rings is 2. The molecule has 0 aliphatic carbocycles. The lowest BCUT2D eigenvalue weighted by atomic mass is 10.1. The molecule has 1 aromatic heterocycles. The molecule has 33 heavy (non-hydrogen) atoms. The van der Waals surface area contributed by atoms with Crippen molar-refractivity contribution in [2.45, 2.75) is 59.2 Å². The summed E-state index contributed by atoms with van der Waals surface area (Å²) >= 11 is 1.64. The zero-order valence-electron chi connectivity index (χ0n) is 19.9. The van der Waals surface area contributed by atoms with E-state index < -0.39 is 0 Å².